The van der Waals surface area contributed by atoms with Crippen molar-refractivity contribution in [3.63, 3.8) is 0 Å². The number of thioether (sulfide) groups is 1. The Bertz CT molecular complexity index is 255. The first-order valence-electron chi connectivity index (χ1n) is 4.16. The maximum atomic E-state index is 8.56. The van der Waals surface area contributed by atoms with Crippen molar-refractivity contribution >= 4 is 11.8 Å². The minimum Gasteiger partial charge on any atom is -0.395 e. The smallest absolute Gasteiger partial charge is 0.0556 e. The summed E-state index contributed by atoms with van der Waals surface area (Å²) in [4.78, 5) is 5.28. The summed E-state index contributed by atoms with van der Waals surface area (Å²) in [7, 11) is 0. The predicted octanol–water partition coefficient (Wildman–Crippen LogP) is 0.885. The van der Waals surface area contributed by atoms with Gasteiger partial charge < -0.3 is 10.4 Å². The zero-order valence-electron chi connectivity index (χ0n) is 7.66. The summed E-state index contributed by atoms with van der Waals surface area (Å²) < 4.78 is 0. The van der Waals surface area contributed by atoms with Crippen molar-refractivity contribution in [1.82, 2.24) is 10.3 Å². The van der Waals surface area contributed by atoms with Gasteiger partial charge in [-0.1, -0.05) is 0 Å². The molecule has 0 aliphatic carbocycles. The van der Waals surface area contributed by atoms with E-state index in [1.807, 2.05) is 18.6 Å². The van der Waals surface area contributed by atoms with Gasteiger partial charge in [0.2, 0.25) is 0 Å². The van der Waals surface area contributed by atoms with Crippen LogP contribution in [-0.2, 0) is 6.54 Å². The molecule has 1 aromatic heterocycles. The molecule has 0 fully saturated rings. The highest BCUT2D eigenvalue weighted by Crippen LogP contribution is 2.13. The summed E-state index contributed by atoms with van der Waals surface area (Å²) in [6.45, 7) is 1.57. The Balaban J connectivity index is 2.46. The topological polar surface area (TPSA) is 45.2 Å². The lowest BCUT2D eigenvalue weighted by molar-refractivity contribution is 0.292. The third-order valence-corrected chi connectivity index (χ3v) is 2.32. The minimum absolute atomic E-state index is 0.176. The van der Waals surface area contributed by atoms with Crippen molar-refractivity contribution in [2.24, 2.45) is 0 Å². The number of rotatable bonds is 5. The minimum atomic E-state index is 0.176. The highest BCUT2D eigenvalue weighted by Gasteiger charge is 1.94. The Morgan fingerprint density at radius 2 is 2.38 bits per heavy atom. The number of nitrogens with zero attached hydrogens (tertiary/aromatic N) is 1. The fourth-order valence-electron chi connectivity index (χ4n) is 0.984. The number of aliphatic hydroxyl groups is 1. The van der Waals surface area contributed by atoms with E-state index >= 15 is 0 Å². The Morgan fingerprint density at radius 3 is 3.08 bits per heavy atom. The summed E-state index contributed by atoms with van der Waals surface area (Å²) in [5, 5.41) is 11.7. The number of hydrogen-bond donors (Lipinski definition) is 2. The fraction of sp³-hybridized carbons (Fsp3) is 0.444. The highest BCUT2D eigenvalue weighted by molar-refractivity contribution is 7.98. The van der Waals surface area contributed by atoms with Crippen LogP contribution >= 0.6 is 11.8 Å². The summed E-state index contributed by atoms with van der Waals surface area (Å²) in [5.41, 5.74) is 1.15. The van der Waals surface area contributed by atoms with Crippen molar-refractivity contribution in [2.75, 3.05) is 19.4 Å². The predicted molar refractivity (Wildman–Crippen MR) is 54.8 cm³/mol. The zero-order valence-corrected chi connectivity index (χ0v) is 8.47. The molecule has 0 aliphatic rings. The van der Waals surface area contributed by atoms with Gasteiger partial charge in [-0.25, -0.2) is 0 Å². The normalized spacial score (nSPS) is 10.3. The summed E-state index contributed by atoms with van der Waals surface area (Å²) in [6.07, 6.45) is 5.71. The molecule has 1 heterocycles. The number of aliphatic hydroxyl groups excluding tert-OH is 1. The average molecular weight is 198 g/mol. The van der Waals surface area contributed by atoms with Gasteiger partial charge in [-0.3, -0.25) is 4.98 Å². The van der Waals surface area contributed by atoms with E-state index in [1.54, 1.807) is 11.8 Å². The van der Waals surface area contributed by atoms with Gasteiger partial charge >= 0.3 is 0 Å². The van der Waals surface area contributed by atoms with Crippen molar-refractivity contribution in [3.05, 3.63) is 24.0 Å². The molecule has 0 radical (unpaired) electrons. The number of hydrogen-bond acceptors (Lipinski definition) is 4. The molecule has 1 rings (SSSR count). The van der Waals surface area contributed by atoms with Crippen LogP contribution in [0.3, 0.4) is 0 Å². The van der Waals surface area contributed by atoms with Crippen LogP contribution in [0.25, 0.3) is 0 Å². The Morgan fingerprint density at radius 1 is 1.54 bits per heavy atom. The zero-order chi connectivity index (χ0) is 9.52. The second-order valence-corrected chi connectivity index (χ2v) is 3.51. The second kappa shape index (κ2) is 5.96. The van der Waals surface area contributed by atoms with Crippen molar-refractivity contribution in [3.8, 4) is 0 Å². The third kappa shape index (κ3) is 3.76. The van der Waals surface area contributed by atoms with Crippen LogP contribution in [-0.4, -0.2) is 29.5 Å². The lowest BCUT2D eigenvalue weighted by Crippen LogP contribution is -2.17. The highest BCUT2D eigenvalue weighted by atomic mass is 32.2. The van der Waals surface area contributed by atoms with Crippen LogP contribution in [0.5, 0.6) is 0 Å². The lowest BCUT2D eigenvalue weighted by atomic mass is 10.3. The first-order chi connectivity index (χ1) is 6.36. The first-order valence-corrected chi connectivity index (χ1v) is 5.39. The molecule has 0 aliphatic heterocycles. The quantitative estimate of drug-likeness (QED) is 0.545. The Hall–Kier alpha value is -0.580. The van der Waals surface area contributed by atoms with Crippen LogP contribution in [0, 0.1) is 0 Å². The molecule has 0 saturated heterocycles. The fourth-order valence-corrected chi connectivity index (χ4v) is 1.42. The van der Waals surface area contributed by atoms with E-state index in [0.29, 0.717) is 6.54 Å². The average Bonchev–Trinajstić information content (AvgIpc) is 2.19. The molecule has 4 heteroatoms. The first kappa shape index (κ1) is 10.5. The monoisotopic (exact) mass is 198 g/mol. The molecule has 0 aromatic carbocycles. The van der Waals surface area contributed by atoms with E-state index in [4.69, 9.17) is 5.11 Å². The van der Waals surface area contributed by atoms with Gasteiger partial charge in [0.15, 0.2) is 0 Å². The van der Waals surface area contributed by atoms with Gasteiger partial charge in [0.05, 0.1) is 6.61 Å². The van der Waals surface area contributed by atoms with E-state index in [9.17, 15) is 0 Å². The van der Waals surface area contributed by atoms with E-state index in [2.05, 4.69) is 16.4 Å². The maximum absolute atomic E-state index is 8.56. The Kier molecular flexibility index (Phi) is 4.82. The molecule has 0 unspecified atom stereocenters. The van der Waals surface area contributed by atoms with Gasteiger partial charge in [-0.2, -0.15) is 0 Å². The summed E-state index contributed by atoms with van der Waals surface area (Å²) >= 11 is 1.68. The van der Waals surface area contributed by atoms with Crippen LogP contribution in [0.1, 0.15) is 5.56 Å². The van der Waals surface area contributed by atoms with Gasteiger partial charge in [0.1, 0.15) is 0 Å². The largest absolute Gasteiger partial charge is 0.395 e. The van der Waals surface area contributed by atoms with Crippen LogP contribution in [0.4, 0.5) is 0 Å². The summed E-state index contributed by atoms with van der Waals surface area (Å²) in [5.74, 6) is 0. The summed E-state index contributed by atoms with van der Waals surface area (Å²) in [6, 6.07) is 2.10. The molecule has 0 spiro atoms. The maximum Gasteiger partial charge on any atom is 0.0556 e. The lowest BCUT2D eigenvalue weighted by Gasteiger charge is -2.03. The van der Waals surface area contributed by atoms with Crippen LogP contribution in [0.2, 0.25) is 0 Å². The molecular weight excluding hydrogens is 184 g/mol. The molecular formula is C9H14N2OS. The van der Waals surface area contributed by atoms with Crippen molar-refractivity contribution in [2.45, 2.75) is 11.4 Å². The van der Waals surface area contributed by atoms with Crippen LogP contribution in [0.15, 0.2) is 23.4 Å². The SMILES string of the molecule is CSc1cncc(CNCCO)c1. The number of pyridine rings is 1. The third-order valence-electron chi connectivity index (χ3n) is 1.62. The molecule has 0 bridgehead atoms. The van der Waals surface area contributed by atoms with E-state index in [-0.39, 0.29) is 6.61 Å². The molecule has 2 N–H and O–H groups in total. The van der Waals surface area contributed by atoms with Crippen LogP contribution < -0.4 is 5.32 Å². The molecule has 0 saturated carbocycles. The van der Waals surface area contributed by atoms with Crippen molar-refractivity contribution < 1.29 is 5.11 Å². The van der Waals surface area contributed by atoms with Gasteiger partial charge in [0, 0.05) is 30.4 Å². The second-order valence-electron chi connectivity index (χ2n) is 2.63. The van der Waals surface area contributed by atoms with E-state index in [1.165, 1.54) is 4.90 Å². The molecule has 0 atom stereocenters. The Labute approximate surface area is 82.6 Å². The number of nitrogens with one attached hydrogen (secondary N) is 1. The number of aromatic nitrogens is 1. The standard InChI is InChI=1S/C9H14N2OS/c1-13-9-4-8(6-11-7-9)5-10-2-3-12/h4,6-7,10,12H,2-3,5H2,1H3. The van der Waals surface area contributed by atoms with Gasteiger partial charge in [-0.05, 0) is 17.9 Å². The molecule has 72 valence electrons. The molecule has 0 amide bonds. The van der Waals surface area contributed by atoms with Gasteiger partial charge in [0.25, 0.3) is 0 Å². The van der Waals surface area contributed by atoms with E-state index < -0.39 is 0 Å². The molecule has 1 aromatic rings. The van der Waals surface area contributed by atoms with Gasteiger partial charge in [-0.15, -0.1) is 11.8 Å². The van der Waals surface area contributed by atoms with Crippen molar-refractivity contribution in [1.29, 1.82) is 0 Å². The molecule has 3 nitrogen and oxygen atoms in total. The van der Waals surface area contributed by atoms with E-state index in [0.717, 1.165) is 12.1 Å². The molecule has 13 heavy (non-hydrogen) atoms.